The fourth-order valence-electron chi connectivity index (χ4n) is 2.37. The summed E-state index contributed by atoms with van der Waals surface area (Å²) in [4.78, 5) is 12.7. The second kappa shape index (κ2) is 5.46. The monoisotopic (exact) mass is 249 g/mol. The number of hydrogen-bond acceptors (Lipinski definition) is 4. The van der Waals surface area contributed by atoms with Crippen LogP contribution in [0.3, 0.4) is 0 Å². The molecular weight excluding hydrogens is 230 g/mol. The number of nitrogens with zero attached hydrogens (tertiary/aromatic N) is 2. The van der Waals surface area contributed by atoms with Gasteiger partial charge in [-0.3, -0.25) is 15.0 Å². The molecule has 98 valence electrons. The van der Waals surface area contributed by atoms with Crippen molar-refractivity contribution in [3.8, 4) is 0 Å². The van der Waals surface area contributed by atoms with Crippen LogP contribution in [-0.4, -0.2) is 35.5 Å². The van der Waals surface area contributed by atoms with E-state index in [0.717, 1.165) is 31.7 Å². The van der Waals surface area contributed by atoms with Crippen LogP contribution in [0.25, 0.3) is 0 Å². The molecule has 0 saturated carbocycles. The number of non-ortho nitro benzene ring substituents is 1. The zero-order chi connectivity index (χ0) is 13.1. The van der Waals surface area contributed by atoms with E-state index in [1.807, 2.05) is 13.0 Å². The summed E-state index contributed by atoms with van der Waals surface area (Å²) in [6.45, 7) is 8.04. The summed E-state index contributed by atoms with van der Waals surface area (Å²) in [6.07, 6.45) is 0. The Bertz CT molecular complexity index is 448. The predicted octanol–water partition coefficient (Wildman–Crippen LogP) is 1.70. The second-order valence-corrected chi connectivity index (χ2v) is 4.96. The van der Waals surface area contributed by atoms with Gasteiger partial charge in [0.05, 0.1) is 4.92 Å². The molecule has 0 radical (unpaired) electrons. The maximum atomic E-state index is 10.7. The highest BCUT2D eigenvalue weighted by Gasteiger charge is 2.17. The van der Waals surface area contributed by atoms with Crippen molar-refractivity contribution >= 4 is 5.69 Å². The Morgan fingerprint density at radius 1 is 1.56 bits per heavy atom. The highest BCUT2D eigenvalue weighted by atomic mass is 16.6. The molecule has 0 spiro atoms. The number of nitro groups is 1. The Morgan fingerprint density at radius 2 is 2.33 bits per heavy atom. The first-order valence-electron chi connectivity index (χ1n) is 6.26. The topological polar surface area (TPSA) is 58.4 Å². The van der Waals surface area contributed by atoms with Crippen LogP contribution in [-0.2, 0) is 6.54 Å². The van der Waals surface area contributed by atoms with Crippen LogP contribution in [0.1, 0.15) is 18.1 Å². The van der Waals surface area contributed by atoms with E-state index in [9.17, 15) is 10.1 Å². The Labute approximate surface area is 107 Å². The molecule has 0 aromatic heterocycles. The maximum absolute atomic E-state index is 10.7. The standard InChI is InChI=1S/C13H19N3O2/c1-10-7-13(16(17)18)4-3-12(10)9-15-6-5-14-11(2)8-15/h3-4,7,11,14H,5-6,8-9H2,1-2H3/t11-/m0/s1. The van der Waals surface area contributed by atoms with Crippen molar-refractivity contribution < 1.29 is 4.92 Å². The number of nitrogens with one attached hydrogen (secondary N) is 1. The third-order valence-corrected chi connectivity index (χ3v) is 3.38. The molecule has 1 atom stereocenters. The minimum atomic E-state index is -0.344. The van der Waals surface area contributed by atoms with Crippen molar-refractivity contribution in [2.75, 3.05) is 19.6 Å². The van der Waals surface area contributed by atoms with E-state index < -0.39 is 0 Å². The lowest BCUT2D eigenvalue weighted by molar-refractivity contribution is -0.384. The van der Waals surface area contributed by atoms with Crippen LogP contribution in [0.4, 0.5) is 5.69 Å². The van der Waals surface area contributed by atoms with Crippen LogP contribution < -0.4 is 5.32 Å². The third kappa shape index (κ3) is 3.05. The lowest BCUT2D eigenvalue weighted by Gasteiger charge is -2.32. The Hall–Kier alpha value is -1.46. The summed E-state index contributed by atoms with van der Waals surface area (Å²) >= 11 is 0. The van der Waals surface area contributed by atoms with E-state index in [4.69, 9.17) is 0 Å². The van der Waals surface area contributed by atoms with Crippen molar-refractivity contribution in [3.05, 3.63) is 39.4 Å². The van der Waals surface area contributed by atoms with Crippen molar-refractivity contribution in [2.45, 2.75) is 26.4 Å². The van der Waals surface area contributed by atoms with Gasteiger partial charge in [-0.15, -0.1) is 0 Å². The van der Waals surface area contributed by atoms with Gasteiger partial charge in [-0.05, 0) is 25.0 Å². The highest BCUT2D eigenvalue weighted by molar-refractivity contribution is 5.39. The molecule has 1 saturated heterocycles. The second-order valence-electron chi connectivity index (χ2n) is 4.96. The number of rotatable bonds is 3. The maximum Gasteiger partial charge on any atom is 0.269 e. The van der Waals surface area contributed by atoms with Gasteiger partial charge in [-0.2, -0.15) is 0 Å². The van der Waals surface area contributed by atoms with Crippen molar-refractivity contribution in [1.29, 1.82) is 0 Å². The summed E-state index contributed by atoms with van der Waals surface area (Å²) < 4.78 is 0. The fourth-order valence-corrected chi connectivity index (χ4v) is 2.37. The van der Waals surface area contributed by atoms with Gasteiger partial charge in [-0.1, -0.05) is 6.07 Å². The van der Waals surface area contributed by atoms with Crippen molar-refractivity contribution in [2.24, 2.45) is 0 Å². The molecule has 5 heteroatoms. The molecule has 0 bridgehead atoms. The molecule has 18 heavy (non-hydrogen) atoms. The van der Waals surface area contributed by atoms with Gasteiger partial charge in [0.1, 0.15) is 0 Å². The molecule has 5 nitrogen and oxygen atoms in total. The molecule has 1 N–H and O–H groups in total. The SMILES string of the molecule is Cc1cc([N+](=O)[O-])ccc1CN1CCN[C@@H](C)C1. The molecule has 0 unspecified atom stereocenters. The van der Waals surface area contributed by atoms with Crippen LogP contribution in [0.5, 0.6) is 0 Å². The van der Waals surface area contributed by atoms with Gasteiger partial charge < -0.3 is 5.32 Å². The molecular formula is C13H19N3O2. The fraction of sp³-hybridized carbons (Fsp3) is 0.538. The number of hydrogen-bond donors (Lipinski definition) is 1. The zero-order valence-electron chi connectivity index (χ0n) is 10.8. The summed E-state index contributed by atoms with van der Waals surface area (Å²) in [5.74, 6) is 0. The van der Waals surface area contributed by atoms with E-state index >= 15 is 0 Å². The van der Waals surface area contributed by atoms with E-state index in [2.05, 4.69) is 17.1 Å². The van der Waals surface area contributed by atoms with E-state index in [1.54, 1.807) is 12.1 Å². The van der Waals surface area contributed by atoms with Crippen molar-refractivity contribution in [1.82, 2.24) is 10.2 Å². The minimum absolute atomic E-state index is 0.171. The number of nitro benzene ring substituents is 1. The smallest absolute Gasteiger partial charge is 0.269 e. The van der Waals surface area contributed by atoms with Gasteiger partial charge >= 0.3 is 0 Å². The Balaban J connectivity index is 2.07. The number of aryl methyl sites for hydroxylation is 1. The quantitative estimate of drug-likeness (QED) is 0.654. The normalized spacial score (nSPS) is 20.9. The molecule has 1 aromatic carbocycles. The molecule has 2 rings (SSSR count). The predicted molar refractivity (Wildman–Crippen MR) is 70.6 cm³/mol. The van der Waals surface area contributed by atoms with Gasteiger partial charge in [0.15, 0.2) is 0 Å². The average Bonchev–Trinajstić information content (AvgIpc) is 2.31. The molecule has 1 aliphatic rings. The molecule has 0 amide bonds. The number of piperazine rings is 1. The summed E-state index contributed by atoms with van der Waals surface area (Å²) in [7, 11) is 0. The van der Waals surface area contributed by atoms with Crippen molar-refractivity contribution in [3.63, 3.8) is 0 Å². The highest BCUT2D eigenvalue weighted by Crippen LogP contribution is 2.19. The first-order valence-corrected chi connectivity index (χ1v) is 6.26. The van der Waals surface area contributed by atoms with Crippen LogP contribution in [0.15, 0.2) is 18.2 Å². The van der Waals surface area contributed by atoms with E-state index in [0.29, 0.717) is 6.04 Å². The zero-order valence-corrected chi connectivity index (χ0v) is 10.8. The summed E-state index contributed by atoms with van der Waals surface area (Å²) in [5, 5.41) is 14.1. The molecule has 1 aromatic rings. The molecule has 1 aliphatic heterocycles. The summed E-state index contributed by atoms with van der Waals surface area (Å²) in [5.41, 5.74) is 2.34. The van der Waals surface area contributed by atoms with Crippen LogP contribution in [0.2, 0.25) is 0 Å². The summed E-state index contributed by atoms with van der Waals surface area (Å²) in [6, 6.07) is 5.63. The largest absolute Gasteiger partial charge is 0.312 e. The Morgan fingerprint density at radius 3 is 2.94 bits per heavy atom. The first-order chi connectivity index (χ1) is 8.56. The van der Waals surface area contributed by atoms with Gasteiger partial charge in [0.25, 0.3) is 5.69 Å². The van der Waals surface area contributed by atoms with Gasteiger partial charge in [-0.25, -0.2) is 0 Å². The van der Waals surface area contributed by atoms with Crippen LogP contribution in [0, 0.1) is 17.0 Å². The molecule has 0 aliphatic carbocycles. The Kier molecular flexibility index (Phi) is 3.93. The van der Waals surface area contributed by atoms with Crippen LogP contribution >= 0.6 is 0 Å². The lowest BCUT2D eigenvalue weighted by atomic mass is 10.1. The average molecular weight is 249 g/mol. The van der Waals surface area contributed by atoms with Gasteiger partial charge in [0, 0.05) is 44.4 Å². The third-order valence-electron chi connectivity index (χ3n) is 3.38. The molecule has 1 heterocycles. The van der Waals surface area contributed by atoms with E-state index in [1.165, 1.54) is 5.56 Å². The first kappa shape index (κ1) is 13.0. The number of benzene rings is 1. The minimum Gasteiger partial charge on any atom is -0.312 e. The lowest BCUT2D eigenvalue weighted by Crippen LogP contribution is -2.48. The molecule has 1 fully saturated rings. The van der Waals surface area contributed by atoms with E-state index in [-0.39, 0.29) is 10.6 Å². The van der Waals surface area contributed by atoms with Gasteiger partial charge in [0.2, 0.25) is 0 Å².